The highest BCUT2D eigenvalue weighted by molar-refractivity contribution is 5.21. The molecule has 0 aromatic heterocycles. The summed E-state index contributed by atoms with van der Waals surface area (Å²) in [6.07, 6.45) is 6.64. The largest absolute Gasteiger partial charge is 0.295 e. The van der Waals surface area contributed by atoms with E-state index in [1.807, 2.05) is 19.9 Å². The van der Waals surface area contributed by atoms with E-state index >= 15 is 0 Å². The van der Waals surface area contributed by atoms with Crippen LogP contribution in [-0.4, -0.2) is 5.54 Å². The zero-order chi connectivity index (χ0) is 13.8. The highest BCUT2D eigenvalue weighted by Gasteiger charge is 2.25. The van der Waals surface area contributed by atoms with Gasteiger partial charge in [-0.1, -0.05) is 57.0 Å². The van der Waals surface area contributed by atoms with Crippen molar-refractivity contribution in [3.63, 3.8) is 0 Å². The molecule has 1 N–H and O–H groups in total. The summed E-state index contributed by atoms with van der Waals surface area (Å²) in [7, 11) is 0. The fraction of sp³-hybridized carbons (Fsp3) is 0.529. The average molecular weight is 243 g/mol. The van der Waals surface area contributed by atoms with Crippen LogP contribution < -0.4 is 5.32 Å². The molecule has 0 aliphatic rings. The molecule has 1 heteroatoms. The van der Waals surface area contributed by atoms with Crippen molar-refractivity contribution >= 4 is 0 Å². The average Bonchev–Trinajstić information content (AvgIpc) is 2.27. The molecule has 0 saturated heterocycles. The van der Waals surface area contributed by atoms with E-state index in [2.05, 4.69) is 56.3 Å². The molecule has 98 valence electrons. The SMILES string of the molecule is C#CC(C)(C)NC(CC(C)(C)C)c1ccccc1. The monoisotopic (exact) mass is 243 g/mol. The molecular weight excluding hydrogens is 218 g/mol. The lowest BCUT2D eigenvalue weighted by atomic mass is 9.84. The van der Waals surface area contributed by atoms with Crippen molar-refractivity contribution in [2.75, 3.05) is 0 Å². The van der Waals surface area contributed by atoms with Gasteiger partial charge in [0.1, 0.15) is 0 Å². The van der Waals surface area contributed by atoms with Gasteiger partial charge in [0.25, 0.3) is 0 Å². The first kappa shape index (κ1) is 14.8. The molecule has 0 aliphatic heterocycles. The molecule has 0 amide bonds. The number of terminal acetylenes is 1. The molecule has 0 bridgehead atoms. The van der Waals surface area contributed by atoms with E-state index in [9.17, 15) is 0 Å². The lowest BCUT2D eigenvalue weighted by Crippen LogP contribution is -2.41. The third kappa shape index (κ3) is 4.94. The van der Waals surface area contributed by atoms with Crippen molar-refractivity contribution in [2.24, 2.45) is 5.41 Å². The third-order valence-electron chi connectivity index (χ3n) is 2.91. The predicted molar refractivity (Wildman–Crippen MR) is 79.3 cm³/mol. The highest BCUT2D eigenvalue weighted by atomic mass is 15.0. The Labute approximate surface area is 112 Å². The van der Waals surface area contributed by atoms with Gasteiger partial charge in [-0.05, 0) is 31.2 Å². The number of nitrogens with one attached hydrogen (secondary N) is 1. The number of benzene rings is 1. The summed E-state index contributed by atoms with van der Waals surface area (Å²) in [4.78, 5) is 0. The normalized spacial score (nSPS) is 14.0. The smallest absolute Gasteiger partial charge is 0.0746 e. The Balaban J connectivity index is 2.94. The zero-order valence-corrected chi connectivity index (χ0v) is 12.2. The van der Waals surface area contributed by atoms with Crippen LogP contribution in [0.2, 0.25) is 0 Å². The molecule has 0 fully saturated rings. The summed E-state index contributed by atoms with van der Waals surface area (Å²) >= 11 is 0. The topological polar surface area (TPSA) is 12.0 Å². The Morgan fingerprint density at radius 2 is 1.67 bits per heavy atom. The summed E-state index contributed by atoms with van der Waals surface area (Å²) in [5, 5.41) is 3.58. The number of hydrogen-bond donors (Lipinski definition) is 1. The second-order valence-electron chi connectivity index (χ2n) is 6.64. The molecular formula is C17H25N. The van der Waals surface area contributed by atoms with Crippen LogP contribution >= 0.6 is 0 Å². The van der Waals surface area contributed by atoms with Crippen LogP contribution in [0.4, 0.5) is 0 Å². The van der Waals surface area contributed by atoms with Crippen molar-refractivity contribution in [1.82, 2.24) is 5.32 Å². The van der Waals surface area contributed by atoms with Gasteiger partial charge in [0, 0.05) is 6.04 Å². The maximum atomic E-state index is 5.58. The Morgan fingerprint density at radius 1 is 1.11 bits per heavy atom. The number of hydrogen-bond acceptors (Lipinski definition) is 1. The van der Waals surface area contributed by atoms with Gasteiger partial charge >= 0.3 is 0 Å². The first-order valence-corrected chi connectivity index (χ1v) is 6.54. The lowest BCUT2D eigenvalue weighted by molar-refractivity contribution is 0.283. The van der Waals surface area contributed by atoms with Gasteiger partial charge in [-0.3, -0.25) is 5.32 Å². The van der Waals surface area contributed by atoms with Crippen LogP contribution in [0.15, 0.2) is 30.3 Å². The maximum absolute atomic E-state index is 5.58. The van der Waals surface area contributed by atoms with Gasteiger partial charge in [0.05, 0.1) is 5.54 Å². The Kier molecular flexibility index (Phi) is 4.59. The molecule has 1 unspecified atom stereocenters. The molecule has 0 aliphatic carbocycles. The van der Waals surface area contributed by atoms with Gasteiger partial charge in [0.15, 0.2) is 0 Å². The van der Waals surface area contributed by atoms with Crippen LogP contribution in [0.1, 0.15) is 52.6 Å². The van der Waals surface area contributed by atoms with Crippen LogP contribution in [0.25, 0.3) is 0 Å². The van der Waals surface area contributed by atoms with Crippen molar-refractivity contribution in [3.8, 4) is 12.3 Å². The van der Waals surface area contributed by atoms with Gasteiger partial charge in [-0.2, -0.15) is 0 Å². The van der Waals surface area contributed by atoms with Gasteiger partial charge in [-0.15, -0.1) is 6.42 Å². The molecule has 0 spiro atoms. The summed E-state index contributed by atoms with van der Waals surface area (Å²) in [5.74, 6) is 2.82. The predicted octanol–water partition coefficient (Wildman–Crippen LogP) is 4.17. The Bertz CT molecular complexity index is 403. The summed E-state index contributed by atoms with van der Waals surface area (Å²) < 4.78 is 0. The second-order valence-corrected chi connectivity index (χ2v) is 6.64. The molecule has 18 heavy (non-hydrogen) atoms. The van der Waals surface area contributed by atoms with E-state index in [1.54, 1.807) is 0 Å². The van der Waals surface area contributed by atoms with Crippen molar-refractivity contribution in [2.45, 2.75) is 52.6 Å². The summed E-state index contributed by atoms with van der Waals surface area (Å²) in [5.41, 5.74) is 1.28. The molecule has 1 atom stereocenters. The highest BCUT2D eigenvalue weighted by Crippen LogP contribution is 2.30. The molecule has 1 nitrogen and oxygen atoms in total. The van der Waals surface area contributed by atoms with Gasteiger partial charge < -0.3 is 0 Å². The van der Waals surface area contributed by atoms with E-state index in [0.717, 1.165) is 6.42 Å². The zero-order valence-electron chi connectivity index (χ0n) is 12.2. The first-order chi connectivity index (χ1) is 8.23. The van der Waals surface area contributed by atoms with Gasteiger partial charge in [-0.25, -0.2) is 0 Å². The van der Waals surface area contributed by atoms with E-state index < -0.39 is 0 Å². The fourth-order valence-electron chi connectivity index (χ4n) is 2.03. The molecule has 0 heterocycles. The Morgan fingerprint density at radius 3 is 2.11 bits per heavy atom. The third-order valence-corrected chi connectivity index (χ3v) is 2.91. The molecule has 1 rings (SSSR count). The van der Waals surface area contributed by atoms with Crippen molar-refractivity contribution in [1.29, 1.82) is 0 Å². The summed E-state index contributed by atoms with van der Waals surface area (Å²) in [6, 6.07) is 10.8. The second kappa shape index (κ2) is 5.59. The van der Waals surface area contributed by atoms with Crippen molar-refractivity contribution < 1.29 is 0 Å². The fourth-order valence-corrected chi connectivity index (χ4v) is 2.03. The molecule has 0 saturated carbocycles. The van der Waals surface area contributed by atoms with E-state index in [1.165, 1.54) is 5.56 Å². The quantitative estimate of drug-likeness (QED) is 0.783. The molecule has 1 aromatic rings. The standard InChI is InChI=1S/C17H25N/c1-7-17(5,6)18-15(13-16(2,3)4)14-11-9-8-10-12-14/h1,8-12,15,18H,13H2,2-6H3. The lowest BCUT2D eigenvalue weighted by Gasteiger charge is -2.32. The van der Waals surface area contributed by atoms with Crippen molar-refractivity contribution in [3.05, 3.63) is 35.9 Å². The Hall–Kier alpha value is -1.26. The van der Waals surface area contributed by atoms with E-state index in [0.29, 0.717) is 0 Å². The maximum Gasteiger partial charge on any atom is 0.0746 e. The van der Waals surface area contributed by atoms with Crippen LogP contribution in [0.5, 0.6) is 0 Å². The minimum Gasteiger partial charge on any atom is -0.295 e. The molecule has 1 aromatic carbocycles. The van der Waals surface area contributed by atoms with Gasteiger partial charge in [0.2, 0.25) is 0 Å². The summed E-state index contributed by atoms with van der Waals surface area (Å²) in [6.45, 7) is 10.9. The van der Waals surface area contributed by atoms with Crippen LogP contribution in [0, 0.1) is 17.8 Å². The minimum absolute atomic E-state index is 0.262. The molecule has 0 radical (unpaired) electrons. The number of rotatable bonds is 4. The van der Waals surface area contributed by atoms with Crippen LogP contribution in [-0.2, 0) is 0 Å². The van der Waals surface area contributed by atoms with E-state index in [-0.39, 0.29) is 17.0 Å². The van der Waals surface area contributed by atoms with Crippen LogP contribution in [0.3, 0.4) is 0 Å². The van der Waals surface area contributed by atoms with E-state index in [4.69, 9.17) is 6.42 Å². The minimum atomic E-state index is -0.286. The first-order valence-electron chi connectivity index (χ1n) is 6.54.